The van der Waals surface area contributed by atoms with Gasteiger partial charge in [-0.1, -0.05) is 6.07 Å². The number of benzene rings is 1. The van der Waals surface area contributed by atoms with Crippen LogP contribution in [0.4, 0.5) is 8.78 Å². The molecule has 0 unspecified atom stereocenters. The first kappa shape index (κ1) is 14.3. The molecular formula is C12H12F2N2O4. The van der Waals surface area contributed by atoms with E-state index in [1.165, 1.54) is 6.07 Å². The summed E-state index contributed by atoms with van der Waals surface area (Å²) in [5.74, 6) is -3.32. The van der Waals surface area contributed by atoms with Gasteiger partial charge in [0, 0.05) is 17.9 Å². The molecule has 0 bridgehead atoms. The summed E-state index contributed by atoms with van der Waals surface area (Å²) in [7, 11) is 0. The molecule has 0 radical (unpaired) electrons. The number of rotatable bonds is 5. The molecule has 0 aliphatic heterocycles. The molecule has 3 atom stereocenters. The second kappa shape index (κ2) is 5.49. The summed E-state index contributed by atoms with van der Waals surface area (Å²) in [6, 6.07) is 2.05. The number of carbonyl (C=O) groups excluding carboxylic acids is 1. The number of nitro groups is 1. The Balaban J connectivity index is 1.86. The van der Waals surface area contributed by atoms with Crippen molar-refractivity contribution in [1.82, 2.24) is 5.32 Å². The zero-order valence-electron chi connectivity index (χ0n) is 10.3. The zero-order chi connectivity index (χ0) is 14.9. The molecule has 1 aromatic rings. The first-order valence-corrected chi connectivity index (χ1v) is 5.94. The standard InChI is InChI=1S/C12H12F2N2O4/c13-8-2-1-6(3-9(8)14)11(17)5-15-12(18)7-4-10(7)16(19)20/h1-3,7,10-11,17H,4-5H2,(H,15,18)/t7-,10-,11-/m0/s1. The van der Waals surface area contributed by atoms with E-state index in [0.29, 0.717) is 0 Å². The smallest absolute Gasteiger partial charge is 0.230 e. The zero-order valence-corrected chi connectivity index (χ0v) is 10.3. The molecule has 0 heterocycles. The summed E-state index contributed by atoms with van der Waals surface area (Å²) in [6.45, 7) is -0.217. The fourth-order valence-corrected chi connectivity index (χ4v) is 1.86. The van der Waals surface area contributed by atoms with Crippen molar-refractivity contribution in [2.75, 3.05) is 6.54 Å². The Labute approximate surface area is 112 Å². The summed E-state index contributed by atoms with van der Waals surface area (Å²) < 4.78 is 25.7. The van der Waals surface area contributed by atoms with Crippen LogP contribution in [-0.4, -0.2) is 28.5 Å². The third-order valence-corrected chi connectivity index (χ3v) is 3.16. The van der Waals surface area contributed by atoms with E-state index in [4.69, 9.17) is 0 Å². The predicted octanol–water partition coefficient (Wildman–Crippen LogP) is 0.780. The average Bonchev–Trinajstić information content (AvgIpc) is 3.19. The second-order valence-electron chi connectivity index (χ2n) is 4.63. The van der Waals surface area contributed by atoms with E-state index < -0.39 is 40.5 Å². The monoisotopic (exact) mass is 286 g/mol. The third-order valence-electron chi connectivity index (χ3n) is 3.16. The number of nitrogens with zero attached hydrogens (tertiary/aromatic N) is 1. The van der Waals surface area contributed by atoms with Gasteiger partial charge in [-0.05, 0) is 17.7 Å². The minimum Gasteiger partial charge on any atom is -0.387 e. The number of halogens is 2. The second-order valence-corrected chi connectivity index (χ2v) is 4.63. The van der Waals surface area contributed by atoms with E-state index in [1.54, 1.807) is 0 Å². The molecule has 1 aliphatic carbocycles. The summed E-state index contributed by atoms with van der Waals surface area (Å²) in [5, 5.41) is 22.5. The molecule has 0 aromatic heterocycles. The third kappa shape index (κ3) is 3.08. The van der Waals surface area contributed by atoms with Gasteiger partial charge in [-0.25, -0.2) is 8.78 Å². The molecule has 1 amide bonds. The highest BCUT2D eigenvalue weighted by molar-refractivity contribution is 5.82. The van der Waals surface area contributed by atoms with Gasteiger partial charge in [-0.3, -0.25) is 14.9 Å². The van der Waals surface area contributed by atoms with Gasteiger partial charge in [0.25, 0.3) is 0 Å². The Bertz CT molecular complexity index is 552. The molecule has 2 rings (SSSR count). The minimum absolute atomic E-state index is 0.117. The van der Waals surface area contributed by atoms with Gasteiger partial charge in [-0.15, -0.1) is 0 Å². The first-order chi connectivity index (χ1) is 9.40. The quantitative estimate of drug-likeness (QED) is 0.618. The van der Waals surface area contributed by atoms with Crippen molar-refractivity contribution in [2.45, 2.75) is 18.6 Å². The number of amides is 1. The van der Waals surface area contributed by atoms with Crippen LogP contribution in [0.1, 0.15) is 18.1 Å². The van der Waals surface area contributed by atoms with Gasteiger partial charge in [0.15, 0.2) is 11.6 Å². The molecule has 1 fully saturated rings. The Morgan fingerprint density at radius 3 is 2.75 bits per heavy atom. The molecule has 108 valence electrons. The number of aliphatic hydroxyl groups is 1. The number of carbonyl (C=O) groups is 1. The first-order valence-electron chi connectivity index (χ1n) is 5.94. The molecule has 2 N–H and O–H groups in total. The fourth-order valence-electron chi connectivity index (χ4n) is 1.86. The SMILES string of the molecule is O=C(NC[C@H](O)c1ccc(F)c(F)c1)[C@H]1C[C@@H]1[N+](=O)[O-]. The highest BCUT2D eigenvalue weighted by atomic mass is 19.2. The Morgan fingerprint density at radius 2 is 2.20 bits per heavy atom. The van der Waals surface area contributed by atoms with E-state index in [-0.39, 0.29) is 18.5 Å². The molecule has 1 saturated carbocycles. The largest absolute Gasteiger partial charge is 0.387 e. The van der Waals surface area contributed by atoms with Gasteiger partial charge in [-0.2, -0.15) is 0 Å². The number of aliphatic hydroxyl groups excluding tert-OH is 1. The van der Waals surface area contributed by atoms with Crippen molar-refractivity contribution in [3.05, 3.63) is 45.5 Å². The lowest BCUT2D eigenvalue weighted by Crippen LogP contribution is -2.31. The predicted molar refractivity (Wildman–Crippen MR) is 63.2 cm³/mol. The lowest BCUT2D eigenvalue weighted by molar-refractivity contribution is -0.497. The number of hydrogen-bond donors (Lipinski definition) is 2. The highest BCUT2D eigenvalue weighted by Gasteiger charge is 2.53. The molecule has 6 nitrogen and oxygen atoms in total. The van der Waals surface area contributed by atoms with E-state index >= 15 is 0 Å². The summed E-state index contributed by atoms with van der Waals surface area (Å²) >= 11 is 0. The minimum atomic E-state index is -1.21. The molecule has 1 aromatic carbocycles. The maximum atomic E-state index is 13.0. The number of nitrogens with one attached hydrogen (secondary N) is 1. The lowest BCUT2D eigenvalue weighted by atomic mass is 10.1. The van der Waals surface area contributed by atoms with Gasteiger partial charge in [0.2, 0.25) is 11.9 Å². The van der Waals surface area contributed by atoms with Crippen LogP contribution in [0, 0.1) is 27.7 Å². The topological polar surface area (TPSA) is 92.5 Å². The average molecular weight is 286 g/mol. The van der Waals surface area contributed by atoms with Gasteiger partial charge >= 0.3 is 0 Å². The summed E-state index contributed by atoms with van der Waals surface area (Å²) in [5.41, 5.74) is 0.117. The molecule has 8 heteroatoms. The van der Waals surface area contributed by atoms with Crippen molar-refractivity contribution in [3.8, 4) is 0 Å². The van der Waals surface area contributed by atoms with Crippen LogP contribution in [0.25, 0.3) is 0 Å². The van der Waals surface area contributed by atoms with Crippen LogP contribution in [0.5, 0.6) is 0 Å². The van der Waals surface area contributed by atoms with E-state index in [9.17, 15) is 28.8 Å². The Hall–Kier alpha value is -2.09. The van der Waals surface area contributed by atoms with Crippen LogP contribution >= 0.6 is 0 Å². The van der Waals surface area contributed by atoms with Gasteiger partial charge in [0.05, 0.1) is 6.10 Å². The van der Waals surface area contributed by atoms with Crippen molar-refractivity contribution < 1.29 is 23.6 Å². The van der Waals surface area contributed by atoms with E-state index in [0.717, 1.165) is 12.1 Å². The number of hydrogen-bond acceptors (Lipinski definition) is 4. The van der Waals surface area contributed by atoms with Crippen LogP contribution < -0.4 is 5.32 Å². The van der Waals surface area contributed by atoms with Gasteiger partial charge < -0.3 is 10.4 Å². The maximum absolute atomic E-state index is 13.0. The van der Waals surface area contributed by atoms with E-state index in [2.05, 4.69) is 5.32 Å². The van der Waals surface area contributed by atoms with Gasteiger partial charge in [0.1, 0.15) is 5.92 Å². The van der Waals surface area contributed by atoms with Crippen LogP contribution in [0.2, 0.25) is 0 Å². The molecular weight excluding hydrogens is 274 g/mol. The molecule has 0 spiro atoms. The van der Waals surface area contributed by atoms with Crippen molar-refractivity contribution in [3.63, 3.8) is 0 Å². The summed E-state index contributed by atoms with van der Waals surface area (Å²) in [6.07, 6.45) is -1.03. The Kier molecular flexibility index (Phi) is 3.93. The highest BCUT2D eigenvalue weighted by Crippen LogP contribution is 2.33. The Morgan fingerprint density at radius 1 is 1.50 bits per heavy atom. The van der Waals surface area contributed by atoms with E-state index in [1.807, 2.05) is 0 Å². The summed E-state index contributed by atoms with van der Waals surface area (Å²) in [4.78, 5) is 21.4. The van der Waals surface area contributed by atoms with Crippen LogP contribution in [0.3, 0.4) is 0 Å². The van der Waals surface area contributed by atoms with Crippen molar-refractivity contribution >= 4 is 5.91 Å². The lowest BCUT2D eigenvalue weighted by Gasteiger charge is -2.12. The van der Waals surface area contributed by atoms with Crippen LogP contribution in [-0.2, 0) is 4.79 Å². The van der Waals surface area contributed by atoms with Crippen molar-refractivity contribution in [1.29, 1.82) is 0 Å². The fraction of sp³-hybridized carbons (Fsp3) is 0.417. The molecule has 20 heavy (non-hydrogen) atoms. The molecule has 0 saturated heterocycles. The van der Waals surface area contributed by atoms with Crippen LogP contribution in [0.15, 0.2) is 18.2 Å². The maximum Gasteiger partial charge on any atom is 0.230 e. The normalized spacial score (nSPS) is 22.1. The van der Waals surface area contributed by atoms with Crippen molar-refractivity contribution in [2.24, 2.45) is 5.92 Å². The molecule has 1 aliphatic rings.